The van der Waals surface area contributed by atoms with Crippen LogP contribution in [0.4, 0.5) is 5.69 Å². The molecule has 2 saturated heterocycles. The number of carbonyl (C=O) groups is 1. The predicted octanol–water partition coefficient (Wildman–Crippen LogP) is 3.79. The van der Waals surface area contributed by atoms with Crippen LogP contribution in [0.2, 0.25) is 10.0 Å². The van der Waals surface area contributed by atoms with Gasteiger partial charge in [0.25, 0.3) is 0 Å². The standard InChI is InChI=1S/C16H18Cl2N2O3S2/c1-2-3-4-15(21)19-16-20(12-7-10(17)5-6-11(12)18)13-8-25(22,23)9-14(13)24-16/h5-7,13-14H,2-4,8-9H2,1H3/t13-,14+/m1/s1. The Labute approximate surface area is 161 Å². The van der Waals surface area contributed by atoms with E-state index >= 15 is 0 Å². The smallest absolute Gasteiger partial charge is 0.248 e. The molecule has 0 unspecified atom stereocenters. The highest BCUT2D eigenvalue weighted by Crippen LogP contribution is 2.43. The van der Waals surface area contributed by atoms with Gasteiger partial charge in [-0.25, -0.2) is 8.42 Å². The van der Waals surface area contributed by atoms with Crippen molar-refractivity contribution >= 4 is 61.6 Å². The molecule has 2 aliphatic rings. The van der Waals surface area contributed by atoms with Crippen LogP contribution < -0.4 is 4.90 Å². The molecule has 1 amide bonds. The van der Waals surface area contributed by atoms with E-state index in [0.717, 1.165) is 12.8 Å². The van der Waals surface area contributed by atoms with E-state index in [9.17, 15) is 13.2 Å². The number of anilines is 1. The summed E-state index contributed by atoms with van der Waals surface area (Å²) in [6.45, 7) is 2.01. The SMILES string of the molecule is CCCCC(=O)N=C1S[C@H]2CS(=O)(=O)C[C@H]2N1c1cc(Cl)ccc1Cl. The van der Waals surface area contributed by atoms with Gasteiger partial charge < -0.3 is 4.90 Å². The molecule has 1 aromatic carbocycles. The van der Waals surface area contributed by atoms with Gasteiger partial charge in [0.15, 0.2) is 15.0 Å². The fourth-order valence-corrected chi connectivity index (χ4v) is 7.31. The Kier molecular flexibility index (Phi) is 5.68. The average molecular weight is 421 g/mol. The summed E-state index contributed by atoms with van der Waals surface area (Å²) >= 11 is 13.8. The van der Waals surface area contributed by atoms with Crippen LogP contribution >= 0.6 is 35.0 Å². The third-order valence-electron chi connectivity index (χ3n) is 4.20. The maximum absolute atomic E-state index is 12.1. The number of carbonyl (C=O) groups excluding carboxylic acids is 1. The predicted molar refractivity (Wildman–Crippen MR) is 105 cm³/mol. The van der Waals surface area contributed by atoms with Crippen LogP contribution in [0.1, 0.15) is 26.2 Å². The zero-order valence-electron chi connectivity index (χ0n) is 13.6. The Morgan fingerprint density at radius 3 is 2.84 bits per heavy atom. The number of hydrogen-bond acceptors (Lipinski definition) is 4. The van der Waals surface area contributed by atoms with E-state index in [1.807, 2.05) is 6.92 Å². The van der Waals surface area contributed by atoms with Crippen molar-refractivity contribution in [2.75, 3.05) is 16.4 Å². The largest absolute Gasteiger partial charge is 0.314 e. The minimum absolute atomic E-state index is 0.0235. The van der Waals surface area contributed by atoms with Gasteiger partial charge in [0.05, 0.1) is 28.3 Å². The van der Waals surface area contributed by atoms with Crippen LogP contribution in [0.15, 0.2) is 23.2 Å². The Morgan fingerprint density at radius 1 is 1.36 bits per heavy atom. The van der Waals surface area contributed by atoms with E-state index in [-0.39, 0.29) is 28.7 Å². The number of sulfone groups is 1. The molecule has 1 aromatic rings. The lowest BCUT2D eigenvalue weighted by Gasteiger charge is -2.25. The van der Waals surface area contributed by atoms with Crippen molar-refractivity contribution in [1.82, 2.24) is 0 Å². The van der Waals surface area contributed by atoms with E-state index in [2.05, 4.69) is 4.99 Å². The first kappa shape index (κ1) is 19.0. The fraction of sp³-hybridized carbons (Fsp3) is 0.500. The highest BCUT2D eigenvalue weighted by Gasteiger charge is 2.49. The number of amides is 1. The van der Waals surface area contributed by atoms with Gasteiger partial charge in [-0.3, -0.25) is 4.79 Å². The average Bonchev–Trinajstić information content (AvgIpc) is 2.98. The van der Waals surface area contributed by atoms with Crippen molar-refractivity contribution < 1.29 is 13.2 Å². The number of benzene rings is 1. The minimum atomic E-state index is -3.11. The highest BCUT2D eigenvalue weighted by molar-refractivity contribution is 8.16. The normalized spacial score (nSPS) is 26.2. The van der Waals surface area contributed by atoms with Gasteiger partial charge in [-0.15, -0.1) is 0 Å². The van der Waals surface area contributed by atoms with Crippen molar-refractivity contribution in [3.63, 3.8) is 0 Å². The Hall–Kier alpha value is -0.760. The van der Waals surface area contributed by atoms with Crippen molar-refractivity contribution in [3.05, 3.63) is 28.2 Å². The quantitative estimate of drug-likeness (QED) is 0.740. The molecule has 0 aromatic heterocycles. The molecule has 0 N–H and O–H groups in total. The van der Waals surface area contributed by atoms with Gasteiger partial charge in [-0.1, -0.05) is 48.3 Å². The summed E-state index contributed by atoms with van der Waals surface area (Å²) in [7, 11) is -3.11. The van der Waals surface area contributed by atoms with E-state index in [0.29, 0.717) is 27.3 Å². The first-order valence-electron chi connectivity index (χ1n) is 8.03. The number of aliphatic imine (C=N–C) groups is 1. The van der Waals surface area contributed by atoms with Crippen LogP contribution in [-0.2, 0) is 14.6 Å². The molecule has 2 aliphatic heterocycles. The maximum Gasteiger partial charge on any atom is 0.248 e. The van der Waals surface area contributed by atoms with Gasteiger partial charge in [0.1, 0.15) is 0 Å². The Bertz CT molecular complexity index is 827. The second kappa shape index (κ2) is 7.47. The first-order valence-corrected chi connectivity index (χ1v) is 11.5. The summed E-state index contributed by atoms with van der Waals surface area (Å²) in [5.41, 5.74) is 0.591. The number of amidine groups is 1. The van der Waals surface area contributed by atoms with E-state index < -0.39 is 9.84 Å². The lowest BCUT2D eigenvalue weighted by molar-refractivity contribution is -0.117. The molecule has 5 nitrogen and oxygen atoms in total. The number of halogens is 2. The van der Waals surface area contributed by atoms with Crippen LogP contribution in [-0.4, -0.2) is 42.3 Å². The molecule has 0 radical (unpaired) electrons. The number of hydrogen-bond donors (Lipinski definition) is 0. The van der Waals surface area contributed by atoms with Gasteiger partial charge in [0, 0.05) is 16.7 Å². The van der Waals surface area contributed by atoms with Gasteiger partial charge in [0.2, 0.25) is 5.91 Å². The second-order valence-electron chi connectivity index (χ2n) is 6.16. The van der Waals surface area contributed by atoms with Crippen LogP contribution in [0, 0.1) is 0 Å². The summed E-state index contributed by atoms with van der Waals surface area (Å²) in [6, 6.07) is 4.73. The highest BCUT2D eigenvalue weighted by atomic mass is 35.5. The molecule has 2 heterocycles. The molecule has 0 aliphatic carbocycles. The molecule has 136 valence electrons. The number of thioether (sulfide) groups is 1. The maximum atomic E-state index is 12.1. The first-order chi connectivity index (χ1) is 11.8. The van der Waals surface area contributed by atoms with E-state index in [4.69, 9.17) is 23.2 Å². The zero-order chi connectivity index (χ0) is 18.2. The van der Waals surface area contributed by atoms with Crippen LogP contribution in [0.25, 0.3) is 0 Å². The third kappa shape index (κ3) is 4.15. The summed E-state index contributed by atoms with van der Waals surface area (Å²) < 4.78 is 24.1. The topological polar surface area (TPSA) is 66.8 Å². The van der Waals surface area contributed by atoms with Crippen molar-refractivity contribution in [3.8, 4) is 0 Å². The number of fused-ring (bicyclic) bond motifs is 1. The molecule has 9 heteroatoms. The second-order valence-corrected chi connectivity index (χ2v) is 10.4. The number of rotatable bonds is 4. The minimum Gasteiger partial charge on any atom is -0.314 e. The van der Waals surface area contributed by atoms with E-state index in [1.54, 1.807) is 23.1 Å². The number of nitrogens with zero attached hydrogens (tertiary/aromatic N) is 2. The van der Waals surface area contributed by atoms with Crippen LogP contribution in [0.5, 0.6) is 0 Å². The molecule has 2 fully saturated rings. The van der Waals surface area contributed by atoms with Gasteiger partial charge >= 0.3 is 0 Å². The van der Waals surface area contributed by atoms with E-state index in [1.165, 1.54) is 11.8 Å². The molecular formula is C16H18Cl2N2O3S2. The Morgan fingerprint density at radius 2 is 2.12 bits per heavy atom. The summed E-state index contributed by atoms with van der Waals surface area (Å²) in [5.74, 6) is -0.0927. The number of unbranched alkanes of at least 4 members (excludes halogenated alkanes) is 1. The summed E-state index contributed by atoms with van der Waals surface area (Å²) in [5, 5.41) is 1.29. The molecule has 0 saturated carbocycles. The summed E-state index contributed by atoms with van der Waals surface area (Å²) in [6.07, 6.45) is 2.07. The zero-order valence-corrected chi connectivity index (χ0v) is 16.8. The molecule has 0 spiro atoms. The van der Waals surface area contributed by atoms with Crippen molar-refractivity contribution in [2.24, 2.45) is 4.99 Å². The lowest BCUT2D eigenvalue weighted by Crippen LogP contribution is -2.38. The van der Waals surface area contributed by atoms with Gasteiger partial charge in [-0.05, 0) is 24.6 Å². The monoisotopic (exact) mass is 420 g/mol. The molecule has 0 bridgehead atoms. The fourth-order valence-electron chi connectivity index (χ4n) is 3.01. The summed E-state index contributed by atoms with van der Waals surface area (Å²) in [4.78, 5) is 18.1. The Balaban J connectivity index is 1.99. The van der Waals surface area contributed by atoms with Gasteiger partial charge in [-0.2, -0.15) is 4.99 Å². The lowest BCUT2D eigenvalue weighted by atomic mass is 10.2. The van der Waals surface area contributed by atoms with Crippen molar-refractivity contribution in [2.45, 2.75) is 37.5 Å². The molecule has 25 heavy (non-hydrogen) atoms. The molecule has 2 atom stereocenters. The molecule has 3 rings (SSSR count). The molecular weight excluding hydrogens is 403 g/mol. The van der Waals surface area contributed by atoms with Crippen molar-refractivity contribution in [1.29, 1.82) is 0 Å². The van der Waals surface area contributed by atoms with Crippen LogP contribution in [0.3, 0.4) is 0 Å². The third-order valence-corrected chi connectivity index (χ3v) is 7.96.